The van der Waals surface area contributed by atoms with E-state index in [0.717, 1.165) is 16.1 Å². The summed E-state index contributed by atoms with van der Waals surface area (Å²) in [7, 11) is 0. The Labute approximate surface area is 103 Å². The smallest absolute Gasteiger partial charge is 0.169 e. The number of rotatable bonds is 4. The topological polar surface area (TPSA) is 38.1 Å². The van der Waals surface area contributed by atoms with Crippen molar-refractivity contribution in [3.8, 4) is 0 Å². The first-order chi connectivity index (χ1) is 7.75. The predicted molar refractivity (Wildman–Crippen MR) is 65.9 cm³/mol. The predicted octanol–water partition coefficient (Wildman–Crippen LogP) is 3.29. The summed E-state index contributed by atoms with van der Waals surface area (Å²) in [4.78, 5) is 4.29. The van der Waals surface area contributed by atoms with E-state index in [1.54, 1.807) is 6.20 Å². The fourth-order valence-corrected chi connectivity index (χ4v) is 1.78. The Morgan fingerprint density at radius 1 is 1.38 bits per heavy atom. The number of halogens is 1. The van der Waals surface area contributed by atoms with Crippen LogP contribution in [0.15, 0.2) is 45.6 Å². The number of nitrogens with one attached hydrogen (secondary N) is 1. The van der Waals surface area contributed by atoms with E-state index in [2.05, 4.69) is 33.2 Å². The summed E-state index contributed by atoms with van der Waals surface area (Å²) < 4.78 is 6.16. The molecule has 4 heteroatoms. The quantitative estimate of drug-likeness (QED) is 0.934. The van der Waals surface area contributed by atoms with Crippen molar-refractivity contribution < 1.29 is 4.42 Å². The molecule has 84 valence electrons. The highest BCUT2D eigenvalue weighted by Gasteiger charge is 2.06. The van der Waals surface area contributed by atoms with E-state index < -0.39 is 0 Å². The van der Waals surface area contributed by atoms with Gasteiger partial charge in [-0.3, -0.25) is 4.98 Å². The molecule has 0 aliphatic carbocycles. The van der Waals surface area contributed by atoms with Gasteiger partial charge in [-0.2, -0.15) is 0 Å². The van der Waals surface area contributed by atoms with Crippen LogP contribution in [0.2, 0.25) is 0 Å². The number of pyridine rings is 1. The van der Waals surface area contributed by atoms with Gasteiger partial charge in [0.2, 0.25) is 0 Å². The van der Waals surface area contributed by atoms with Gasteiger partial charge < -0.3 is 9.73 Å². The minimum atomic E-state index is 0.213. The fraction of sp³-hybridized carbons (Fsp3) is 0.250. The maximum absolute atomic E-state index is 5.40. The molecule has 0 aliphatic heterocycles. The molecule has 3 nitrogen and oxygen atoms in total. The standard InChI is InChI=1S/C12H13BrN2O/c1-9(11-4-2-3-7-14-11)15-8-10-5-6-12(13)16-10/h2-7,9,15H,8H2,1H3/t9-/m1/s1. The molecule has 0 amide bonds. The lowest BCUT2D eigenvalue weighted by molar-refractivity contribution is 0.444. The van der Waals surface area contributed by atoms with Crippen LogP contribution in [0.5, 0.6) is 0 Å². The van der Waals surface area contributed by atoms with Crippen LogP contribution in [-0.4, -0.2) is 4.98 Å². The summed E-state index contributed by atoms with van der Waals surface area (Å²) >= 11 is 3.28. The van der Waals surface area contributed by atoms with Crippen LogP contribution in [0.3, 0.4) is 0 Å². The zero-order chi connectivity index (χ0) is 11.4. The molecule has 0 aliphatic rings. The zero-order valence-corrected chi connectivity index (χ0v) is 10.6. The van der Waals surface area contributed by atoms with Gasteiger partial charge in [0, 0.05) is 12.2 Å². The minimum absolute atomic E-state index is 0.213. The molecular formula is C12H13BrN2O. The number of nitrogens with zero attached hydrogens (tertiary/aromatic N) is 1. The molecule has 1 N–H and O–H groups in total. The van der Waals surface area contributed by atoms with Crippen LogP contribution in [0.4, 0.5) is 0 Å². The molecule has 0 saturated carbocycles. The fourth-order valence-electron chi connectivity index (χ4n) is 1.44. The first-order valence-electron chi connectivity index (χ1n) is 5.14. The van der Waals surface area contributed by atoms with Crippen LogP contribution < -0.4 is 5.32 Å². The lowest BCUT2D eigenvalue weighted by Gasteiger charge is -2.11. The third kappa shape index (κ3) is 2.93. The van der Waals surface area contributed by atoms with Crippen LogP contribution in [0.25, 0.3) is 0 Å². The summed E-state index contributed by atoms with van der Waals surface area (Å²) in [6.45, 7) is 2.78. The zero-order valence-electron chi connectivity index (χ0n) is 8.98. The van der Waals surface area contributed by atoms with E-state index in [1.807, 2.05) is 30.3 Å². The summed E-state index contributed by atoms with van der Waals surface area (Å²) in [6, 6.07) is 9.97. The Morgan fingerprint density at radius 2 is 2.25 bits per heavy atom. The van der Waals surface area contributed by atoms with Crippen LogP contribution in [0, 0.1) is 0 Å². The van der Waals surface area contributed by atoms with Gasteiger partial charge in [0.1, 0.15) is 5.76 Å². The van der Waals surface area contributed by atoms with Crippen molar-refractivity contribution in [1.82, 2.24) is 10.3 Å². The SMILES string of the molecule is C[C@@H](NCc1ccc(Br)o1)c1ccccn1. The van der Waals surface area contributed by atoms with Crippen molar-refractivity contribution in [2.24, 2.45) is 0 Å². The number of hydrogen-bond donors (Lipinski definition) is 1. The largest absolute Gasteiger partial charge is 0.453 e. The average molecular weight is 281 g/mol. The first-order valence-corrected chi connectivity index (χ1v) is 5.93. The Bertz CT molecular complexity index is 441. The highest BCUT2D eigenvalue weighted by Crippen LogP contribution is 2.15. The van der Waals surface area contributed by atoms with Crippen LogP contribution in [-0.2, 0) is 6.54 Å². The summed E-state index contributed by atoms with van der Waals surface area (Å²) in [5.41, 5.74) is 1.04. The minimum Gasteiger partial charge on any atom is -0.453 e. The van der Waals surface area contributed by atoms with Gasteiger partial charge in [-0.1, -0.05) is 6.07 Å². The molecule has 1 atom stereocenters. The second-order valence-corrected chi connectivity index (χ2v) is 4.34. The van der Waals surface area contributed by atoms with Crippen LogP contribution in [0.1, 0.15) is 24.4 Å². The molecule has 16 heavy (non-hydrogen) atoms. The lowest BCUT2D eigenvalue weighted by Crippen LogP contribution is -2.18. The van der Waals surface area contributed by atoms with Gasteiger partial charge in [-0.15, -0.1) is 0 Å². The molecule has 0 spiro atoms. The molecular weight excluding hydrogens is 268 g/mol. The Balaban J connectivity index is 1.91. The molecule has 0 fully saturated rings. The second kappa shape index (κ2) is 5.27. The van der Waals surface area contributed by atoms with Crippen LogP contribution >= 0.6 is 15.9 Å². The molecule has 2 aromatic heterocycles. The average Bonchev–Trinajstić information content (AvgIpc) is 2.73. The second-order valence-electron chi connectivity index (χ2n) is 3.56. The highest BCUT2D eigenvalue weighted by atomic mass is 79.9. The summed E-state index contributed by atoms with van der Waals surface area (Å²) in [5, 5.41) is 3.35. The molecule has 0 unspecified atom stereocenters. The molecule has 0 radical (unpaired) electrons. The monoisotopic (exact) mass is 280 g/mol. The number of hydrogen-bond acceptors (Lipinski definition) is 3. The maximum atomic E-state index is 5.40. The third-order valence-corrected chi connectivity index (χ3v) is 2.77. The normalized spacial score (nSPS) is 12.6. The van der Waals surface area contributed by atoms with E-state index >= 15 is 0 Å². The number of furan rings is 1. The van der Waals surface area contributed by atoms with Crippen molar-refractivity contribution in [2.45, 2.75) is 19.5 Å². The van der Waals surface area contributed by atoms with Gasteiger partial charge in [0.25, 0.3) is 0 Å². The lowest BCUT2D eigenvalue weighted by atomic mass is 10.2. The Hall–Kier alpha value is -1.13. The molecule has 0 saturated heterocycles. The van der Waals surface area contributed by atoms with Gasteiger partial charge in [0.15, 0.2) is 4.67 Å². The van der Waals surface area contributed by atoms with Crippen molar-refractivity contribution in [1.29, 1.82) is 0 Å². The van der Waals surface area contributed by atoms with Gasteiger partial charge in [-0.25, -0.2) is 0 Å². The number of aromatic nitrogens is 1. The Kier molecular flexibility index (Phi) is 3.74. The van der Waals surface area contributed by atoms with Crippen molar-refractivity contribution in [3.05, 3.63) is 52.7 Å². The molecule has 2 heterocycles. The summed E-state index contributed by atoms with van der Waals surface area (Å²) in [5.74, 6) is 0.912. The molecule has 0 aromatic carbocycles. The molecule has 2 rings (SSSR count). The maximum Gasteiger partial charge on any atom is 0.169 e. The third-order valence-electron chi connectivity index (χ3n) is 2.34. The van der Waals surface area contributed by atoms with E-state index in [0.29, 0.717) is 6.54 Å². The molecule has 2 aromatic rings. The van der Waals surface area contributed by atoms with E-state index in [9.17, 15) is 0 Å². The van der Waals surface area contributed by atoms with Crippen molar-refractivity contribution in [2.75, 3.05) is 0 Å². The van der Waals surface area contributed by atoms with Gasteiger partial charge >= 0.3 is 0 Å². The van der Waals surface area contributed by atoms with E-state index in [-0.39, 0.29) is 6.04 Å². The highest BCUT2D eigenvalue weighted by molar-refractivity contribution is 9.10. The first kappa shape index (κ1) is 11.4. The van der Waals surface area contributed by atoms with Gasteiger partial charge in [-0.05, 0) is 47.1 Å². The van der Waals surface area contributed by atoms with Crippen molar-refractivity contribution in [3.63, 3.8) is 0 Å². The summed E-state index contributed by atoms with van der Waals surface area (Å²) in [6.07, 6.45) is 1.80. The van der Waals surface area contributed by atoms with Crippen molar-refractivity contribution >= 4 is 15.9 Å². The molecule has 0 bridgehead atoms. The Morgan fingerprint density at radius 3 is 2.88 bits per heavy atom. The van der Waals surface area contributed by atoms with E-state index in [1.165, 1.54) is 0 Å². The van der Waals surface area contributed by atoms with Gasteiger partial charge in [0.05, 0.1) is 12.2 Å². The van der Waals surface area contributed by atoms with E-state index in [4.69, 9.17) is 4.42 Å².